The minimum atomic E-state index is 0.239. The van der Waals surface area contributed by atoms with Crippen LogP contribution < -0.4 is 11.3 Å². The fourth-order valence-electron chi connectivity index (χ4n) is 1.54. The second kappa shape index (κ2) is 4.46. The van der Waals surface area contributed by atoms with Gasteiger partial charge in [-0.05, 0) is 19.1 Å². The van der Waals surface area contributed by atoms with Gasteiger partial charge in [-0.15, -0.1) is 0 Å². The quantitative estimate of drug-likeness (QED) is 0.495. The molecule has 0 aromatic carbocycles. The number of nitrogens with two attached hydrogens (primary N) is 1. The van der Waals surface area contributed by atoms with Crippen LogP contribution in [0.5, 0.6) is 0 Å². The third-order valence-electron chi connectivity index (χ3n) is 2.38. The molecule has 19 heavy (non-hydrogen) atoms. The molecule has 3 aromatic heterocycles. The number of anilines is 1. The zero-order chi connectivity index (χ0) is 13.2. The molecule has 3 aromatic rings. The van der Waals surface area contributed by atoms with Gasteiger partial charge in [-0.2, -0.15) is 25.1 Å². The summed E-state index contributed by atoms with van der Waals surface area (Å²) in [4.78, 5) is 12.6. The normalized spacial score (nSPS) is 10.6. The summed E-state index contributed by atoms with van der Waals surface area (Å²) >= 11 is 0. The van der Waals surface area contributed by atoms with Crippen molar-refractivity contribution in [1.82, 2.24) is 34.5 Å². The van der Waals surface area contributed by atoms with Crippen molar-refractivity contribution in [3.8, 4) is 11.9 Å². The lowest BCUT2D eigenvalue weighted by molar-refractivity contribution is 0.741. The van der Waals surface area contributed by atoms with E-state index in [1.807, 2.05) is 13.0 Å². The molecule has 0 spiro atoms. The van der Waals surface area contributed by atoms with Gasteiger partial charge in [0.25, 0.3) is 11.9 Å². The summed E-state index contributed by atoms with van der Waals surface area (Å²) in [5.41, 5.74) is 3.27. The van der Waals surface area contributed by atoms with E-state index < -0.39 is 0 Å². The SMILES string of the molecule is Cc1ccn(-c2nc(NN)nc(-n3cccn3)n2)n1. The van der Waals surface area contributed by atoms with E-state index in [1.54, 1.807) is 29.3 Å². The van der Waals surface area contributed by atoms with Gasteiger partial charge in [-0.25, -0.2) is 15.2 Å². The number of rotatable bonds is 3. The highest BCUT2D eigenvalue weighted by atomic mass is 15.4. The smallest absolute Gasteiger partial charge is 0.257 e. The maximum Gasteiger partial charge on any atom is 0.257 e. The average molecular weight is 257 g/mol. The number of nitrogens with one attached hydrogen (secondary N) is 1. The molecule has 3 rings (SSSR count). The molecule has 9 nitrogen and oxygen atoms in total. The van der Waals surface area contributed by atoms with Gasteiger partial charge in [0, 0.05) is 18.6 Å². The number of nitrogen functional groups attached to an aromatic ring is 1. The standard InChI is InChI=1S/C10H11N9/c1-7-3-6-19(17-7)10-14-8(16-11)13-9(15-10)18-5-2-4-12-18/h2-6H,11H2,1H3,(H,13,14,15,16). The van der Waals surface area contributed by atoms with Gasteiger partial charge >= 0.3 is 0 Å². The van der Waals surface area contributed by atoms with E-state index in [1.165, 1.54) is 4.68 Å². The lowest BCUT2D eigenvalue weighted by atomic mass is 10.5. The predicted octanol–water partition coefficient (Wildman–Crippen LogP) is -0.163. The van der Waals surface area contributed by atoms with Crippen molar-refractivity contribution >= 4 is 5.95 Å². The Hall–Kier alpha value is -2.81. The highest BCUT2D eigenvalue weighted by Gasteiger charge is 2.10. The van der Waals surface area contributed by atoms with Crippen LogP contribution in [0.15, 0.2) is 30.7 Å². The lowest BCUT2D eigenvalue weighted by Crippen LogP contribution is -2.16. The van der Waals surface area contributed by atoms with Crippen LogP contribution >= 0.6 is 0 Å². The molecule has 0 amide bonds. The molecular formula is C10H11N9. The van der Waals surface area contributed by atoms with E-state index in [9.17, 15) is 0 Å². The molecule has 0 unspecified atom stereocenters. The van der Waals surface area contributed by atoms with Crippen molar-refractivity contribution in [1.29, 1.82) is 0 Å². The van der Waals surface area contributed by atoms with Crippen LogP contribution in [0.1, 0.15) is 5.69 Å². The molecule has 0 saturated heterocycles. The Morgan fingerprint density at radius 2 is 1.89 bits per heavy atom. The Kier molecular flexibility index (Phi) is 2.65. The average Bonchev–Trinajstić information content (AvgIpc) is 3.09. The molecule has 0 aliphatic heterocycles. The number of aromatic nitrogens is 7. The molecule has 96 valence electrons. The van der Waals surface area contributed by atoms with E-state index in [2.05, 4.69) is 30.6 Å². The van der Waals surface area contributed by atoms with Crippen LogP contribution in [-0.4, -0.2) is 34.5 Å². The molecule has 3 heterocycles. The Bertz CT molecular complexity index is 685. The zero-order valence-corrected chi connectivity index (χ0v) is 10.1. The summed E-state index contributed by atoms with van der Waals surface area (Å²) in [6.07, 6.45) is 5.13. The van der Waals surface area contributed by atoms with Crippen LogP contribution in [0.2, 0.25) is 0 Å². The predicted molar refractivity (Wildman–Crippen MR) is 66.6 cm³/mol. The molecule has 0 aliphatic rings. The second-order valence-electron chi connectivity index (χ2n) is 3.76. The lowest BCUT2D eigenvalue weighted by Gasteiger charge is -2.06. The Morgan fingerprint density at radius 1 is 1.11 bits per heavy atom. The molecule has 0 fully saturated rings. The highest BCUT2D eigenvalue weighted by Crippen LogP contribution is 2.08. The molecule has 0 aliphatic carbocycles. The first-order chi connectivity index (χ1) is 9.26. The Morgan fingerprint density at radius 3 is 2.47 bits per heavy atom. The van der Waals surface area contributed by atoms with Gasteiger partial charge in [0.05, 0.1) is 5.69 Å². The Balaban J connectivity index is 2.12. The van der Waals surface area contributed by atoms with E-state index in [0.717, 1.165) is 5.69 Å². The van der Waals surface area contributed by atoms with Gasteiger partial charge in [0.2, 0.25) is 5.95 Å². The first-order valence-electron chi connectivity index (χ1n) is 5.51. The summed E-state index contributed by atoms with van der Waals surface area (Å²) in [5, 5.41) is 8.31. The van der Waals surface area contributed by atoms with Crippen LogP contribution in [0.3, 0.4) is 0 Å². The van der Waals surface area contributed by atoms with Crippen LogP contribution in [0.4, 0.5) is 5.95 Å². The molecular weight excluding hydrogens is 246 g/mol. The van der Waals surface area contributed by atoms with Gasteiger partial charge in [0.15, 0.2) is 0 Å². The highest BCUT2D eigenvalue weighted by molar-refractivity contribution is 5.31. The van der Waals surface area contributed by atoms with Gasteiger partial charge < -0.3 is 0 Å². The Labute approximate surface area is 108 Å². The molecule has 0 radical (unpaired) electrons. The number of hydrogen-bond acceptors (Lipinski definition) is 7. The van der Waals surface area contributed by atoms with Crippen molar-refractivity contribution in [3.05, 3.63) is 36.4 Å². The van der Waals surface area contributed by atoms with Crippen molar-refractivity contribution in [2.45, 2.75) is 6.92 Å². The topological polar surface area (TPSA) is 112 Å². The third-order valence-corrected chi connectivity index (χ3v) is 2.38. The maximum absolute atomic E-state index is 5.36. The number of hydrazine groups is 1. The first kappa shape index (κ1) is 11.3. The van der Waals surface area contributed by atoms with Crippen molar-refractivity contribution in [3.63, 3.8) is 0 Å². The number of hydrogen-bond donors (Lipinski definition) is 2. The third kappa shape index (κ3) is 2.13. The minimum absolute atomic E-state index is 0.239. The zero-order valence-electron chi connectivity index (χ0n) is 10.1. The number of aryl methyl sites for hydroxylation is 1. The summed E-state index contributed by atoms with van der Waals surface area (Å²) < 4.78 is 3.06. The maximum atomic E-state index is 5.36. The summed E-state index contributed by atoms with van der Waals surface area (Å²) in [6.45, 7) is 1.88. The molecule has 3 N–H and O–H groups in total. The van der Waals surface area contributed by atoms with Crippen molar-refractivity contribution in [2.75, 3.05) is 5.43 Å². The monoisotopic (exact) mass is 257 g/mol. The van der Waals surface area contributed by atoms with Crippen molar-refractivity contribution in [2.24, 2.45) is 5.84 Å². The van der Waals surface area contributed by atoms with Crippen LogP contribution in [0, 0.1) is 6.92 Å². The summed E-state index contributed by atoms with van der Waals surface area (Å²) in [7, 11) is 0. The fraction of sp³-hybridized carbons (Fsp3) is 0.100. The largest absolute Gasteiger partial charge is 0.292 e. The fourth-order valence-corrected chi connectivity index (χ4v) is 1.54. The molecule has 0 atom stereocenters. The van der Waals surface area contributed by atoms with E-state index in [4.69, 9.17) is 5.84 Å². The summed E-state index contributed by atoms with van der Waals surface area (Å²) in [6, 6.07) is 3.63. The van der Waals surface area contributed by atoms with Crippen LogP contribution in [0.25, 0.3) is 11.9 Å². The molecule has 0 saturated carbocycles. The minimum Gasteiger partial charge on any atom is -0.292 e. The van der Waals surface area contributed by atoms with E-state index in [-0.39, 0.29) is 5.95 Å². The van der Waals surface area contributed by atoms with E-state index >= 15 is 0 Å². The first-order valence-corrected chi connectivity index (χ1v) is 5.51. The number of nitrogens with zero attached hydrogens (tertiary/aromatic N) is 7. The van der Waals surface area contributed by atoms with Crippen LogP contribution in [-0.2, 0) is 0 Å². The van der Waals surface area contributed by atoms with Gasteiger partial charge in [-0.3, -0.25) is 5.43 Å². The van der Waals surface area contributed by atoms with Gasteiger partial charge in [-0.1, -0.05) is 0 Å². The van der Waals surface area contributed by atoms with Gasteiger partial charge in [0.1, 0.15) is 0 Å². The molecule has 0 bridgehead atoms. The van der Waals surface area contributed by atoms with E-state index in [0.29, 0.717) is 11.9 Å². The molecule has 9 heteroatoms. The summed E-state index contributed by atoms with van der Waals surface area (Å²) in [5.74, 6) is 6.32. The second-order valence-corrected chi connectivity index (χ2v) is 3.76. The van der Waals surface area contributed by atoms with Crippen molar-refractivity contribution < 1.29 is 0 Å².